The number of ether oxygens (including phenoxy) is 5. The van der Waals surface area contributed by atoms with E-state index in [0.717, 1.165) is 0 Å². The van der Waals surface area contributed by atoms with E-state index in [2.05, 4.69) is 0 Å². The number of aliphatic hydroxyl groups is 11. The molecule has 3 aliphatic heterocycles. The summed E-state index contributed by atoms with van der Waals surface area (Å²) in [6.07, 6.45) is -25.1. The van der Waals surface area contributed by atoms with Gasteiger partial charge in [-0.05, 0) is 0 Å². The van der Waals surface area contributed by atoms with Crippen LogP contribution in [0.3, 0.4) is 0 Å². The summed E-state index contributed by atoms with van der Waals surface area (Å²) in [6, 6.07) is 0. The average Bonchev–Trinajstić information content (AvgIpc) is 2.83. The maximum atomic E-state index is 10.6. The Labute approximate surface area is 192 Å². The van der Waals surface area contributed by atoms with Gasteiger partial charge in [-0.3, -0.25) is 0 Å². The van der Waals surface area contributed by atoms with Crippen LogP contribution in [-0.2, 0) is 23.7 Å². The fourth-order valence-electron chi connectivity index (χ4n) is 4.06. The highest BCUT2D eigenvalue weighted by Gasteiger charge is 2.53. The summed E-state index contributed by atoms with van der Waals surface area (Å²) in [7, 11) is 0. The predicted molar refractivity (Wildman–Crippen MR) is 101 cm³/mol. The van der Waals surface area contributed by atoms with Crippen molar-refractivity contribution in [3.63, 3.8) is 0 Å². The first kappa shape index (κ1) is 27.9. The molecule has 0 bridgehead atoms. The third kappa shape index (κ3) is 5.37. The van der Waals surface area contributed by atoms with Crippen LogP contribution in [0.4, 0.5) is 0 Å². The molecule has 0 aliphatic carbocycles. The van der Waals surface area contributed by atoms with Crippen LogP contribution in [-0.4, -0.2) is 168 Å². The predicted octanol–water partition coefficient (Wildman–Crippen LogP) is -7.57. The van der Waals surface area contributed by atoms with Gasteiger partial charge in [-0.25, -0.2) is 0 Å². The second-order valence-corrected chi connectivity index (χ2v) is 8.33. The van der Waals surface area contributed by atoms with Gasteiger partial charge in [0.2, 0.25) is 0 Å². The highest BCUT2D eigenvalue weighted by Crippen LogP contribution is 2.32. The van der Waals surface area contributed by atoms with Crippen LogP contribution < -0.4 is 0 Å². The Kier molecular flexibility index (Phi) is 9.54. The lowest BCUT2D eigenvalue weighted by Gasteiger charge is -2.47. The fraction of sp³-hybridized carbons (Fsp3) is 1.00. The Hall–Kier alpha value is -0.640. The lowest BCUT2D eigenvalue weighted by molar-refractivity contribution is -0.377. The fourth-order valence-corrected chi connectivity index (χ4v) is 4.06. The largest absolute Gasteiger partial charge is 0.394 e. The quantitative estimate of drug-likeness (QED) is 0.154. The first-order valence-corrected chi connectivity index (χ1v) is 10.6. The first-order valence-electron chi connectivity index (χ1n) is 10.6. The molecule has 3 heterocycles. The van der Waals surface area contributed by atoms with Gasteiger partial charge in [0.1, 0.15) is 73.2 Å². The highest BCUT2D eigenvalue weighted by atomic mass is 16.8. The summed E-state index contributed by atoms with van der Waals surface area (Å²) in [5.74, 6) is 0. The molecule has 3 saturated heterocycles. The second-order valence-electron chi connectivity index (χ2n) is 8.33. The van der Waals surface area contributed by atoms with E-state index < -0.39 is 112 Å². The van der Waals surface area contributed by atoms with E-state index in [0.29, 0.717) is 0 Å². The van der Waals surface area contributed by atoms with E-state index in [-0.39, 0.29) is 0 Å². The zero-order valence-electron chi connectivity index (χ0n) is 17.7. The van der Waals surface area contributed by atoms with Gasteiger partial charge in [0.05, 0.1) is 19.8 Å². The van der Waals surface area contributed by atoms with E-state index in [4.69, 9.17) is 23.7 Å². The Morgan fingerprint density at radius 2 is 0.853 bits per heavy atom. The van der Waals surface area contributed by atoms with Crippen LogP contribution in [0.15, 0.2) is 0 Å². The van der Waals surface area contributed by atoms with Gasteiger partial charge in [0, 0.05) is 0 Å². The monoisotopic (exact) mass is 504 g/mol. The van der Waals surface area contributed by atoms with Crippen LogP contribution in [0, 0.1) is 0 Å². The van der Waals surface area contributed by atoms with Crippen LogP contribution in [0.5, 0.6) is 0 Å². The van der Waals surface area contributed by atoms with Crippen molar-refractivity contribution in [2.24, 2.45) is 0 Å². The highest BCUT2D eigenvalue weighted by molar-refractivity contribution is 4.96. The molecule has 0 aromatic heterocycles. The standard InChI is InChI=1S/C18H32O16/c19-1-4-7(22)8(23)12(27)17(31-4)34-15-6(3-21)32-18(13(28)10(15)25)33-14-5(2-20)30-16(29)11(26)9(14)24/h4-29H,1-3H2/t4?,5?,6?,7-,8+,9-,10-,11?,12?,13?,14-,15-,16?,17-,18?/m0/s1. The summed E-state index contributed by atoms with van der Waals surface area (Å²) in [4.78, 5) is 0. The lowest BCUT2D eigenvalue weighted by Crippen LogP contribution is -2.66. The average molecular weight is 504 g/mol. The van der Waals surface area contributed by atoms with E-state index in [9.17, 15) is 56.2 Å². The number of rotatable bonds is 7. The molecule has 0 spiro atoms. The zero-order valence-corrected chi connectivity index (χ0v) is 17.7. The minimum atomic E-state index is -1.91. The molecule has 15 atom stereocenters. The third-order valence-electron chi connectivity index (χ3n) is 6.09. The Balaban J connectivity index is 1.72. The third-order valence-corrected chi connectivity index (χ3v) is 6.09. The topological polar surface area (TPSA) is 269 Å². The van der Waals surface area contributed by atoms with Crippen molar-refractivity contribution in [1.82, 2.24) is 0 Å². The molecular formula is C18H32O16. The molecule has 0 amide bonds. The molecule has 0 aromatic carbocycles. The molecule has 3 aliphatic rings. The van der Waals surface area contributed by atoms with Crippen molar-refractivity contribution < 1.29 is 79.9 Å². The van der Waals surface area contributed by atoms with Crippen LogP contribution >= 0.6 is 0 Å². The van der Waals surface area contributed by atoms with Crippen molar-refractivity contribution in [3.05, 3.63) is 0 Å². The molecule has 0 saturated carbocycles. The molecule has 200 valence electrons. The van der Waals surface area contributed by atoms with Gasteiger partial charge in [-0.15, -0.1) is 0 Å². The number of hydrogen-bond donors (Lipinski definition) is 11. The van der Waals surface area contributed by atoms with Crippen molar-refractivity contribution in [2.75, 3.05) is 19.8 Å². The van der Waals surface area contributed by atoms with E-state index >= 15 is 0 Å². The summed E-state index contributed by atoms with van der Waals surface area (Å²) in [5.41, 5.74) is 0. The minimum absolute atomic E-state index is 0.741. The Morgan fingerprint density at radius 3 is 1.35 bits per heavy atom. The smallest absolute Gasteiger partial charge is 0.187 e. The summed E-state index contributed by atoms with van der Waals surface area (Å²) >= 11 is 0. The molecule has 8 unspecified atom stereocenters. The van der Waals surface area contributed by atoms with Gasteiger partial charge in [-0.2, -0.15) is 0 Å². The number of aliphatic hydroxyl groups excluding tert-OH is 11. The van der Waals surface area contributed by atoms with Crippen molar-refractivity contribution in [3.8, 4) is 0 Å². The van der Waals surface area contributed by atoms with E-state index in [1.807, 2.05) is 0 Å². The molecule has 16 heteroatoms. The normalized spacial score (nSPS) is 52.5. The van der Waals surface area contributed by atoms with Crippen LogP contribution in [0.1, 0.15) is 0 Å². The molecule has 16 nitrogen and oxygen atoms in total. The minimum Gasteiger partial charge on any atom is -0.394 e. The van der Waals surface area contributed by atoms with Gasteiger partial charge < -0.3 is 79.9 Å². The maximum Gasteiger partial charge on any atom is 0.187 e. The Bertz CT molecular complexity index is 635. The van der Waals surface area contributed by atoms with E-state index in [1.165, 1.54) is 0 Å². The second kappa shape index (κ2) is 11.6. The van der Waals surface area contributed by atoms with Crippen molar-refractivity contribution in [1.29, 1.82) is 0 Å². The summed E-state index contributed by atoms with van der Waals surface area (Å²) in [5, 5.41) is 109. The van der Waals surface area contributed by atoms with Crippen molar-refractivity contribution in [2.45, 2.75) is 92.1 Å². The lowest BCUT2D eigenvalue weighted by atomic mass is 9.96. The van der Waals surface area contributed by atoms with Gasteiger partial charge in [0.15, 0.2) is 18.9 Å². The van der Waals surface area contributed by atoms with Gasteiger partial charge >= 0.3 is 0 Å². The first-order chi connectivity index (χ1) is 16.0. The summed E-state index contributed by atoms with van der Waals surface area (Å²) < 4.78 is 26.4. The summed E-state index contributed by atoms with van der Waals surface area (Å²) in [6.45, 7) is -2.32. The van der Waals surface area contributed by atoms with Crippen LogP contribution in [0.25, 0.3) is 0 Å². The SMILES string of the molecule is OCC1O[C@@H](O[C@H]2C(CO)OC(O[C@H]3C(CO)OC(O)C(O)[C@@H]3O)C(O)[C@@H]2O)C(O)[C@H](O)[C@H]1O. The molecule has 34 heavy (non-hydrogen) atoms. The molecule has 3 fully saturated rings. The zero-order chi connectivity index (χ0) is 25.3. The van der Waals surface area contributed by atoms with Crippen molar-refractivity contribution >= 4 is 0 Å². The van der Waals surface area contributed by atoms with E-state index in [1.54, 1.807) is 0 Å². The molecular weight excluding hydrogens is 472 g/mol. The molecule has 0 aromatic rings. The van der Waals surface area contributed by atoms with Crippen LogP contribution in [0.2, 0.25) is 0 Å². The maximum absolute atomic E-state index is 10.6. The Morgan fingerprint density at radius 1 is 0.441 bits per heavy atom. The number of hydrogen-bond acceptors (Lipinski definition) is 16. The van der Waals surface area contributed by atoms with Gasteiger partial charge in [0.25, 0.3) is 0 Å². The molecule has 3 rings (SSSR count). The molecule has 11 N–H and O–H groups in total. The van der Waals surface area contributed by atoms with Gasteiger partial charge in [-0.1, -0.05) is 0 Å². The molecule has 0 radical (unpaired) electrons.